The molecule has 5 heteroatoms. The predicted octanol–water partition coefficient (Wildman–Crippen LogP) is 2.77. The molecule has 1 aliphatic carbocycles. The Bertz CT molecular complexity index is 458. The fourth-order valence-corrected chi connectivity index (χ4v) is 1.58. The van der Waals surface area contributed by atoms with Crippen LogP contribution >= 0.6 is 0 Å². The van der Waals surface area contributed by atoms with Crippen LogP contribution < -0.4 is 5.73 Å². The molecule has 1 unspecified atom stereocenters. The van der Waals surface area contributed by atoms with E-state index in [9.17, 15) is 13.2 Å². The molecule has 2 nitrogen and oxygen atoms in total. The summed E-state index contributed by atoms with van der Waals surface area (Å²) >= 11 is 0. The minimum absolute atomic E-state index is 0.0128. The zero-order valence-corrected chi connectivity index (χ0v) is 8.91. The highest BCUT2D eigenvalue weighted by Crippen LogP contribution is 2.28. The molecule has 0 saturated carbocycles. The second kappa shape index (κ2) is 4.33. The van der Waals surface area contributed by atoms with Crippen LogP contribution in [0, 0.1) is 0 Å². The molecule has 1 aromatic heterocycles. The van der Waals surface area contributed by atoms with Crippen molar-refractivity contribution in [2.45, 2.75) is 18.6 Å². The van der Waals surface area contributed by atoms with Crippen molar-refractivity contribution in [1.29, 1.82) is 0 Å². The molecule has 0 amide bonds. The molecule has 1 atom stereocenters. The minimum atomic E-state index is -4.39. The van der Waals surface area contributed by atoms with Crippen LogP contribution in [-0.2, 0) is 6.18 Å². The fraction of sp³-hybridized carbons (Fsp3) is 0.250. The number of hydrogen-bond donors (Lipinski definition) is 1. The van der Waals surface area contributed by atoms with Crippen LogP contribution in [0.1, 0.15) is 17.7 Å². The van der Waals surface area contributed by atoms with Gasteiger partial charge in [0.05, 0.1) is 0 Å². The van der Waals surface area contributed by atoms with E-state index in [4.69, 9.17) is 5.73 Å². The minimum Gasteiger partial charge on any atom is -0.324 e. The monoisotopic (exact) mass is 240 g/mol. The molecule has 2 N–H and O–H groups in total. The number of aromatic nitrogens is 1. The summed E-state index contributed by atoms with van der Waals surface area (Å²) in [5, 5.41) is 0. The van der Waals surface area contributed by atoms with Gasteiger partial charge in [-0.25, -0.2) is 0 Å². The van der Waals surface area contributed by atoms with Crippen LogP contribution in [-0.4, -0.2) is 11.0 Å². The predicted molar refractivity (Wildman–Crippen MR) is 58.9 cm³/mol. The fourth-order valence-electron chi connectivity index (χ4n) is 1.58. The number of rotatable bonds is 1. The van der Waals surface area contributed by atoms with Gasteiger partial charge in [-0.3, -0.25) is 4.98 Å². The molecule has 90 valence electrons. The molecule has 0 aromatic carbocycles. The first-order valence-corrected chi connectivity index (χ1v) is 5.14. The number of nitrogens with zero attached hydrogens (tertiary/aromatic N) is 1. The van der Waals surface area contributed by atoms with E-state index in [2.05, 4.69) is 4.98 Å². The average molecular weight is 240 g/mol. The highest BCUT2D eigenvalue weighted by Gasteiger charge is 2.32. The van der Waals surface area contributed by atoms with E-state index >= 15 is 0 Å². The van der Waals surface area contributed by atoms with E-state index in [0.717, 1.165) is 11.6 Å². The summed E-state index contributed by atoms with van der Waals surface area (Å²) in [7, 11) is 0. The highest BCUT2D eigenvalue weighted by molar-refractivity contribution is 5.74. The standard InChI is InChI=1S/C12H11F3N2/c13-12(14,15)11-6-3-9(7-17-11)8-1-4-10(16)5-2-8/h1-4,6-7,10H,5,16H2. The van der Waals surface area contributed by atoms with Gasteiger partial charge in [-0.05, 0) is 23.6 Å². The molecule has 0 radical (unpaired) electrons. The lowest BCUT2D eigenvalue weighted by Crippen LogP contribution is -2.17. The number of halogens is 3. The molecule has 0 saturated heterocycles. The largest absolute Gasteiger partial charge is 0.433 e. The summed E-state index contributed by atoms with van der Waals surface area (Å²) in [6.07, 6.45) is 3.06. The van der Waals surface area contributed by atoms with Crippen LogP contribution in [0.5, 0.6) is 0 Å². The van der Waals surface area contributed by atoms with Crippen molar-refractivity contribution in [1.82, 2.24) is 4.98 Å². The Labute approximate surface area is 96.7 Å². The maximum atomic E-state index is 12.3. The summed E-state index contributed by atoms with van der Waals surface area (Å²) in [4.78, 5) is 3.41. The van der Waals surface area contributed by atoms with Crippen LogP contribution in [0.2, 0.25) is 0 Å². The molecule has 1 heterocycles. The number of hydrogen-bond acceptors (Lipinski definition) is 2. The lowest BCUT2D eigenvalue weighted by Gasteiger charge is -2.12. The van der Waals surface area contributed by atoms with Crippen molar-refractivity contribution in [2.75, 3.05) is 0 Å². The smallest absolute Gasteiger partial charge is 0.324 e. The van der Waals surface area contributed by atoms with E-state index in [-0.39, 0.29) is 6.04 Å². The van der Waals surface area contributed by atoms with Gasteiger partial charge in [0, 0.05) is 12.2 Å². The van der Waals surface area contributed by atoms with Gasteiger partial charge in [-0.2, -0.15) is 13.2 Å². The molecule has 0 aliphatic heterocycles. The molecular weight excluding hydrogens is 229 g/mol. The Balaban J connectivity index is 2.22. The lowest BCUT2D eigenvalue weighted by molar-refractivity contribution is -0.141. The number of pyridine rings is 1. The van der Waals surface area contributed by atoms with Crippen molar-refractivity contribution in [2.24, 2.45) is 5.73 Å². The third-order valence-electron chi connectivity index (χ3n) is 2.52. The Morgan fingerprint density at radius 2 is 2.06 bits per heavy atom. The van der Waals surface area contributed by atoms with Gasteiger partial charge in [-0.1, -0.05) is 24.3 Å². The van der Waals surface area contributed by atoms with Crippen molar-refractivity contribution in [3.8, 4) is 0 Å². The first kappa shape index (κ1) is 11.9. The molecule has 0 fully saturated rings. The molecule has 0 spiro atoms. The Hall–Kier alpha value is -1.62. The van der Waals surface area contributed by atoms with Gasteiger partial charge in [0.2, 0.25) is 0 Å². The van der Waals surface area contributed by atoms with E-state index in [1.165, 1.54) is 12.3 Å². The van der Waals surface area contributed by atoms with E-state index in [0.29, 0.717) is 12.0 Å². The van der Waals surface area contributed by atoms with Gasteiger partial charge < -0.3 is 5.73 Å². The summed E-state index contributed by atoms with van der Waals surface area (Å²) in [5.41, 5.74) is 6.31. The maximum Gasteiger partial charge on any atom is 0.433 e. The van der Waals surface area contributed by atoms with Gasteiger partial charge in [0.1, 0.15) is 5.69 Å². The summed E-state index contributed by atoms with van der Waals surface area (Å²) in [5.74, 6) is 0. The van der Waals surface area contributed by atoms with Crippen molar-refractivity contribution in [3.05, 3.63) is 47.8 Å². The second-order valence-electron chi connectivity index (χ2n) is 3.85. The zero-order chi connectivity index (χ0) is 12.5. The number of nitrogens with two attached hydrogens (primary N) is 1. The Kier molecular flexibility index (Phi) is 3.02. The highest BCUT2D eigenvalue weighted by atomic mass is 19.4. The summed E-state index contributed by atoms with van der Waals surface area (Å²) in [6.45, 7) is 0. The lowest BCUT2D eigenvalue weighted by atomic mass is 9.98. The van der Waals surface area contributed by atoms with Crippen molar-refractivity contribution >= 4 is 5.57 Å². The van der Waals surface area contributed by atoms with E-state index < -0.39 is 11.9 Å². The van der Waals surface area contributed by atoms with Gasteiger partial charge in [0.15, 0.2) is 0 Å². The topological polar surface area (TPSA) is 38.9 Å². The van der Waals surface area contributed by atoms with Gasteiger partial charge in [0.25, 0.3) is 0 Å². The van der Waals surface area contributed by atoms with Crippen LogP contribution in [0.4, 0.5) is 13.2 Å². The zero-order valence-electron chi connectivity index (χ0n) is 8.91. The van der Waals surface area contributed by atoms with E-state index in [1.807, 2.05) is 12.2 Å². The molecular formula is C12H11F3N2. The molecule has 1 aromatic rings. The van der Waals surface area contributed by atoms with Crippen LogP contribution in [0.25, 0.3) is 5.57 Å². The molecule has 17 heavy (non-hydrogen) atoms. The maximum absolute atomic E-state index is 12.3. The first-order valence-electron chi connectivity index (χ1n) is 5.14. The third-order valence-corrected chi connectivity index (χ3v) is 2.52. The second-order valence-corrected chi connectivity index (χ2v) is 3.85. The Morgan fingerprint density at radius 1 is 1.29 bits per heavy atom. The first-order chi connectivity index (χ1) is 7.97. The van der Waals surface area contributed by atoms with Gasteiger partial charge in [-0.15, -0.1) is 0 Å². The van der Waals surface area contributed by atoms with Gasteiger partial charge >= 0.3 is 6.18 Å². The summed E-state index contributed by atoms with van der Waals surface area (Å²) in [6, 6.07) is 2.39. The normalized spacial score (nSPS) is 20.2. The number of allylic oxidation sites excluding steroid dienone is 2. The van der Waals surface area contributed by atoms with Crippen molar-refractivity contribution in [3.63, 3.8) is 0 Å². The Morgan fingerprint density at radius 3 is 2.53 bits per heavy atom. The SMILES string of the molecule is NC1C=CC(c2ccc(C(F)(F)F)nc2)=CC1. The molecule has 1 aliphatic rings. The average Bonchev–Trinajstić information content (AvgIpc) is 2.29. The van der Waals surface area contributed by atoms with Crippen molar-refractivity contribution < 1.29 is 13.2 Å². The number of alkyl halides is 3. The molecule has 0 bridgehead atoms. The third kappa shape index (κ3) is 2.74. The molecule has 2 rings (SSSR count). The quantitative estimate of drug-likeness (QED) is 0.819. The van der Waals surface area contributed by atoms with Crippen LogP contribution in [0.15, 0.2) is 36.6 Å². The van der Waals surface area contributed by atoms with E-state index in [1.54, 1.807) is 6.08 Å². The summed E-state index contributed by atoms with van der Waals surface area (Å²) < 4.78 is 36.9. The van der Waals surface area contributed by atoms with Crippen LogP contribution in [0.3, 0.4) is 0 Å².